The predicted molar refractivity (Wildman–Crippen MR) is 129 cm³/mol. The number of methoxy groups -OCH3 is 1. The van der Waals surface area contributed by atoms with Crippen LogP contribution in [0.3, 0.4) is 0 Å². The number of nitrogens with two attached hydrogens (primary N) is 1. The van der Waals surface area contributed by atoms with Crippen molar-refractivity contribution < 1.29 is 14.3 Å². The van der Waals surface area contributed by atoms with Gasteiger partial charge in [-0.15, -0.1) is 0 Å². The maximum absolute atomic E-state index is 11.3. The van der Waals surface area contributed by atoms with Crippen LogP contribution < -0.4 is 21.1 Å². The summed E-state index contributed by atoms with van der Waals surface area (Å²) >= 11 is 0. The fourth-order valence-electron chi connectivity index (χ4n) is 3.84. The molecule has 0 atom stereocenters. The third-order valence-corrected chi connectivity index (χ3v) is 5.83. The molecule has 8 nitrogen and oxygen atoms in total. The summed E-state index contributed by atoms with van der Waals surface area (Å²) in [5.74, 6) is 1.61. The summed E-state index contributed by atoms with van der Waals surface area (Å²) in [6.45, 7) is 7.92. The van der Waals surface area contributed by atoms with E-state index in [0.29, 0.717) is 19.8 Å². The van der Waals surface area contributed by atoms with E-state index in [1.807, 2.05) is 0 Å². The molecule has 1 aromatic carbocycles. The van der Waals surface area contributed by atoms with Gasteiger partial charge in [0, 0.05) is 51.8 Å². The highest BCUT2D eigenvalue weighted by atomic mass is 16.5. The molecule has 0 spiro atoms. The van der Waals surface area contributed by atoms with E-state index in [4.69, 9.17) is 15.2 Å². The maximum atomic E-state index is 11.3. The number of aryl methyl sites for hydroxylation is 1. The van der Waals surface area contributed by atoms with E-state index in [2.05, 4.69) is 45.6 Å². The van der Waals surface area contributed by atoms with Crippen molar-refractivity contribution in [1.29, 1.82) is 0 Å². The Morgan fingerprint density at radius 2 is 1.97 bits per heavy atom. The molecule has 0 bridgehead atoms. The number of carbonyl (C=O) groups is 1. The van der Waals surface area contributed by atoms with E-state index >= 15 is 0 Å². The molecule has 8 heteroatoms. The summed E-state index contributed by atoms with van der Waals surface area (Å²) in [6.07, 6.45) is 4.82. The largest absolute Gasteiger partial charge is 0.493 e. The fraction of sp³-hybridized carbons (Fsp3) is 0.667. The number of nitrogens with zero attached hydrogens (tertiary/aromatic N) is 2. The molecule has 0 radical (unpaired) electrons. The van der Waals surface area contributed by atoms with Crippen LogP contribution in [0.1, 0.15) is 43.2 Å². The van der Waals surface area contributed by atoms with Gasteiger partial charge in [0.25, 0.3) is 0 Å². The maximum Gasteiger partial charge on any atom is 0.220 e. The van der Waals surface area contributed by atoms with Gasteiger partial charge >= 0.3 is 0 Å². The van der Waals surface area contributed by atoms with Crippen LogP contribution in [0.2, 0.25) is 0 Å². The summed E-state index contributed by atoms with van der Waals surface area (Å²) in [4.78, 5) is 18.0. The number of primary amides is 1. The highest BCUT2D eigenvalue weighted by molar-refractivity contribution is 5.79. The van der Waals surface area contributed by atoms with Gasteiger partial charge in [-0.25, -0.2) is 0 Å². The van der Waals surface area contributed by atoms with Crippen LogP contribution in [0.25, 0.3) is 0 Å². The average molecular weight is 448 g/mol. The van der Waals surface area contributed by atoms with E-state index in [-0.39, 0.29) is 11.8 Å². The van der Waals surface area contributed by atoms with Gasteiger partial charge in [0.2, 0.25) is 5.91 Å². The van der Waals surface area contributed by atoms with E-state index in [9.17, 15) is 4.79 Å². The van der Waals surface area contributed by atoms with Gasteiger partial charge in [0.1, 0.15) is 5.75 Å². The monoisotopic (exact) mass is 447 g/mol. The first-order chi connectivity index (χ1) is 15.5. The van der Waals surface area contributed by atoms with Crippen molar-refractivity contribution in [3.05, 3.63) is 29.3 Å². The lowest BCUT2D eigenvalue weighted by atomic mass is 9.96. The number of nitrogens with one attached hydrogen (secondary N) is 2. The standard InChI is InChI=1S/C24H41N5O3/c1-19-7-8-21(22(17-19)32-16-6-15-31-3)18-28-24(26-2)27-11-4-5-12-29-13-9-20(10-14-29)23(25)30/h7-8,17,20H,4-6,9-16,18H2,1-3H3,(H2,25,30)(H2,26,27,28). The molecular formula is C24H41N5O3. The lowest BCUT2D eigenvalue weighted by molar-refractivity contribution is -0.123. The number of guanidine groups is 1. The molecule has 1 aliphatic rings. The number of benzene rings is 1. The van der Waals surface area contributed by atoms with Crippen LogP contribution in [0.15, 0.2) is 23.2 Å². The van der Waals surface area contributed by atoms with Crippen molar-refractivity contribution in [2.45, 2.75) is 45.6 Å². The smallest absolute Gasteiger partial charge is 0.220 e. The second-order valence-electron chi connectivity index (χ2n) is 8.38. The summed E-state index contributed by atoms with van der Waals surface area (Å²) < 4.78 is 11.1. The van der Waals surface area contributed by atoms with Gasteiger partial charge in [-0.05, 0) is 63.9 Å². The Morgan fingerprint density at radius 3 is 2.66 bits per heavy atom. The summed E-state index contributed by atoms with van der Waals surface area (Å²) in [6, 6.07) is 6.27. The summed E-state index contributed by atoms with van der Waals surface area (Å²) in [5.41, 5.74) is 7.69. The first-order valence-electron chi connectivity index (χ1n) is 11.7. The van der Waals surface area contributed by atoms with Crippen LogP contribution >= 0.6 is 0 Å². The Balaban J connectivity index is 1.66. The molecule has 180 valence electrons. The van der Waals surface area contributed by atoms with Gasteiger partial charge in [-0.2, -0.15) is 0 Å². The topological polar surface area (TPSA) is 101 Å². The minimum Gasteiger partial charge on any atom is -0.493 e. The normalized spacial score (nSPS) is 15.5. The molecule has 4 N–H and O–H groups in total. The minimum absolute atomic E-state index is 0.0621. The van der Waals surface area contributed by atoms with E-state index in [1.165, 1.54) is 5.56 Å². The Bertz CT molecular complexity index is 718. The molecular weight excluding hydrogens is 406 g/mol. The first kappa shape index (κ1) is 25.9. The van der Waals surface area contributed by atoms with Crippen LogP contribution in [0, 0.1) is 12.8 Å². The summed E-state index contributed by atoms with van der Waals surface area (Å²) in [5, 5.41) is 6.77. The lowest BCUT2D eigenvalue weighted by Gasteiger charge is -2.30. The molecule has 0 saturated carbocycles. The zero-order valence-electron chi connectivity index (χ0n) is 20.0. The summed E-state index contributed by atoms with van der Waals surface area (Å²) in [7, 11) is 3.49. The average Bonchev–Trinajstić information content (AvgIpc) is 2.79. The minimum atomic E-state index is -0.150. The van der Waals surface area contributed by atoms with Crippen LogP contribution in [0.4, 0.5) is 0 Å². The predicted octanol–water partition coefficient (Wildman–Crippen LogP) is 2.05. The Kier molecular flexibility index (Phi) is 11.9. The van der Waals surface area contributed by atoms with Gasteiger partial charge in [-0.3, -0.25) is 9.79 Å². The van der Waals surface area contributed by atoms with Crippen molar-refractivity contribution >= 4 is 11.9 Å². The van der Waals surface area contributed by atoms with Crippen LogP contribution in [-0.2, 0) is 16.1 Å². The van der Waals surface area contributed by atoms with Crippen molar-refractivity contribution in [2.75, 3.05) is 53.6 Å². The van der Waals surface area contributed by atoms with E-state index in [0.717, 1.165) is 75.6 Å². The van der Waals surface area contributed by atoms with Crippen molar-refractivity contribution in [3.8, 4) is 5.75 Å². The molecule has 0 aromatic heterocycles. The highest BCUT2D eigenvalue weighted by Gasteiger charge is 2.22. The number of ether oxygens (including phenoxy) is 2. The number of aliphatic imine (C=N–C) groups is 1. The fourth-order valence-corrected chi connectivity index (χ4v) is 3.84. The number of hydrogen-bond acceptors (Lipinski definition) is 5. The van der Waals surface area contributed by atoms with Gasteiger partial charge < -0.3 is 30.7 Å². The molecule has 1 fully saturated rings. The van der Waals surface area contributed by atoms with Crippen molar-refractivity contribution in [2.24, 2.45) is 16.6 Å². The SMILES string of the molecule is CN=C(NCCCCN1CCC(C(N)=O)CC1)NCc1ccc(C)cc1OCCCOC. The van der Waals surface area contributed by atoms with Gasteiger partial charge in [-0.1, -0.05) is 12.1 Å². The van der Waals surface area contributed by atoms with Crippen LogP contribution in [-0.4, -0.2) is 70.3 Å². The molecule has 1 aromatic rings. The van der Waals surface area contributed by atoms with Crippen molar-refractivity contribution in [3.63, 3.8) is 0 Å². The molecule has 32 heavy (non-hydrogen) atoms. The first-order valence-corrected chi connectivity index (χ1v) is 11.7. The number of piperidine rings is 1. The third-order valence-electron chi connectivity index (χ3n) is 5.83. The number of rotatable bonds is 13. The zero-order chi connectivity index (χ0) is 23.2. The molecule has 1 saturated heterocycles. The Morgan fingerprint density at radius 1 is 1.19 bits per heavy atom. The van der Waals surface area contributed by atoms with E-state index < -0.39 is 0 Å². The zero-order valence-corrected chi connectivity index (χ0v) is 20.0. The van der Waals surface area contributed by atoms with Crippen molar-refractivity contribution in [1.82, 2.24) is 15.5 Å². The molecule has 0 unspecified atom stereocenters. The molecule has 1 amide bonds. The highest BCUT2D eigenvalue weighted by Crippen LogP contribution is 2.20. The Labute approximate surface area is 192 Å². The molecule has 1 heterocycles. The number of hydrogen-bond donors (Lipinski definition) is 3. The quantitative estimate of drug-likeness (QED) is 0.243. The molecule has 0 aliphatic carbocycles. The Hall–Kier alpha value is -2.32. The number of carbonyl (C=O) groups excluding carboxylic acids is 1. The van der Waals surface area contributed by atoms with E-state index in [1.54, 1.807) is 14.2 Å². The van der Waals surface area contributed by atoms with Crippen LogP contribution in [0.5, 0.6) is 5.75 Å². The molecule has 1 aliphatic heterocycles. The third kappa shape index (κ3) is 9.44. The van der Waals surface area contributed by atoms with Gasteiger partial charge in [0.15, 0.2) is 5.96 Å². The molecule has 2 rings (SSSR count). The lowest BCUT2D eigenvalue weighted by Crippen LogP contribution is -2.39. The number of unbranched alkanes of at least 4 members (excludes halogenated alkanes) is 1. The number of amides is 1. The second-order valence-corrected chi connectivity index (χ2v) is 8.38. The number of likely N-dealkylation sites (tertiary alicyclic amines) is 1. The second kappa shape index (κ2) is 14.7. The van der Waals surface area contributed by atoms with Gasteiger partial charge in [0.05, 0.1) is 6.61 Å².